The molecule has 0 aliphatic carbocycles. The van der Waals surface area contributed by atoms with Gasteiger partial charge in [-0.2, -0.15) is 0 Å². The smallest absolute Gasteiger partial charge is 0.0629 e. The summed E-state index contributed by atoms with van der Waals surface area (Å²) in [5.74, 6) is 0. The standard InChI is InChI=1S/C57H45B/c1-36-33-39(4)57(40(5)34-36)58(56-37(2)17-16-18-38(56)3)53-35-52(47-26-15-13-24-45(47)42-21-10-7-11-22-42)50-30-28-43-27-29-48(49-31-32-51(53)55(50)54(43)49)46-25-14-12-23-44(46)41-19-8-6-9-20-41/h6-35H,1-5H3. The van der Waals surface area contributed by atoms with Gasteiger partial charge in [-0.1, -0.05) is 226 Å². The normalized spacial score (nSPS) is 11.5. The highest BCUT2D eigenvalue weighted by Crippen LogP contribution is 2.45. The summed E-state index contributed by atoms with van der Waals surface area (Å²) < 4.78 is 0. The molecule has 0 aliphatic rings. The highest BCUT2D eigenvalue weighted by atomic mass is 14.2. The van der Waals surface area contributed by atoms with Gasteiger partial charge < -0.3 is 0 Å². The Labute approximate surface area is 342 Å². The van der Waals surface area contributed by atoms with Crippen molar-refractivity contribution in [1.29, 1.82) is 0 Å². The molecule has 10 aromatic rings. The minimum atomic E-state index is 0.0206. The van der Waals surface area contributed by atoms with Gasteiger partial charge in [-0.15, -0.1) is 0 Å². The van der Waals surface area contributed by atoms with Crippen molar-refractivity contribution in [3.8, 4) is 44.5 Å². The van der Waals surface area contributed by atoms with Crippen molar-refractivity contribution in [3.63, 3.8) is 0 Å². The van der Waals surface area contributed by atoms with E-state index in [9.17, 15) is 0 Å². The van der Waals surface area contributed by atoms with Gasteiger partial charge >= 0.3 is 0 Å². The topological polar surface area (TPSA) is 0 Å². The summed E-state index contributed by atoms with van der Waals surface area (Å²) in [6.45, 7) is 11.5. The molecule has 0 N–H and O–H groups in total. The van der Waals surface area contributed by atoms with Crippen LogP contribution in [0.1, 0.15) is 27.8 Å². The Bertz CT molecular complexity index is 3110. The van der Waals surface area contributed by atoms with Crippen molar-refractivity contribution in [3.05, 3.63) is 210 Å². The predicted molar refractivity (Wildman–Crippen MR) is 253 cm³/mol. The van der Waals surface area contributed by atoms with E-state index in [2.05, 4.69) is 217 Å². The van der Waals surface area contributed by atoms with E-state index in [1.165, 1.54) is 121 Å². The molecule has 58 heavy (non-hydrogen) atoms. The van der Waals surface area contributed by atoms with Crippen molar-refractivity contribution in [2.45, 2.75) is 34.6 Å². The lowest BCUT2D eigenvalue weighted by Gasteiger charge is -2.27. The van der Waals surface area contributed by atoms with E-state index in [4.69, 9.17) is 0 Å². The Morgan fingerprint density at radius 2 is 0.776 bits per heavy atom. The Morgan fingerprint density at radius 1 is 0.310 bits per heavy atom. The van der Waals surface area contributed by atoms with Gasteiger partial charge in [0.2, 0.25) is 6.71 Å². The van der Waals surface area contributed by atoms with E-state index >= 15 is 0 Å². The van der Waals surface area contributed by atoms with Crippen LogP contribution in [0, 0.1) is 34.6 Å². The van der Waals surface area contributed by atoms with Crippen LogP contribution in [0.3, 0.4) is 0 Å². The number of aryl methyl sites for hydroxylation is 5. The largest absolute Gasteiger partial charge is 0.243 e. The fourth-order valence-corrected chi connectivity index (χ4v) is 10.2. The molecule has 0 atom stereocenters. The zero-order valence-corrected chi connectivity index (χ0v) is 33.9. The lowest BCUT2D eigenvalue weighted by Crippen LogP contribution is -2.56. The molecule has 10 aromatic carbocycles. The van der Waals surface area contributed by atoms with Crippen LogP contribution in [0.5, 0.6) is 0 Å². The first-order valence-corrected chi connectivity index (χ1v) is 20.6. The second-order valence-corrected chi connectivity index (χ2v) is 16.2. The van der Waals surface area contributed by atoms with Crippen LogP contribution in [-0.4, -0.2) is 6.71 Å². The van der Waals surface area contributed by atoms with Crippen molar-refractivity contribution in [2.75, 3.05) is 0 Å². The number of hydrogen-bond acceptors (Lipinski definition) is 0. The minimum absolute atomic E-state index is 0.0206. The van der Waals surface area contributed by atoms with E-state index in [1.807, 2.05) is 0 Å². The summed E-state index contributed by atoms with van der Waals surface area (Å²) >= 11 is 0. The molecule has 0 unspecified atom stereocenters. The average Bonchev–Trinajstić information content (AvgIpc) is 3.25. The van der Waals surface area contributed by atoms with Gasteiger partial charge in [0.15, 0.2) is 0 Å². The summed E-state index contributed by atoms with van der Waals surface area (Å²) in [5.41, 5.74) is 20.7. The zero-order valence-electron chi connectivity index (χ0n) is 33.9. The molecule has 0 amide bonds. The summed E-state index contributed by atoms with van der Waals surface area (Å²) in [5, 5.41) is 7.81. The summed E-state index contributed by atoms with van der Waals surface area (Å²) in [7, 11) is 0. The fraction of sp³-hybridized carbons (Fsp3) is 0.0877. The molecule has 0 fully saturated rings. The van der Waals surface area contributed by atoms with Gasteiger partial charge in [-0.25, -0.2) is 0 Å². The lowest BCUT2D eigenvalue weighted by molar-refractivity contribution is 1.35. The highest BCUT2D eigenvalue weighted by Gasteiger charge is 2.32. The first kappa shape index (κ1) is 35.7. The molecule has 0 spiro atoms. The Hall–Kier alpha value is -6.70. The van der Waals surface area contributed by atoms with E-state index in [-0.39, 0.29) is 6.71 Å². The van der Waals surface area contributed by atoms with E-state index < -0.39 is 0 Å². The third-order valence-electron chi connectivity index (χ3n) is 12.6. The molecule has 10 rings (SSSR count). The van der Waals surface area contributed by atoms with Gasteiger partial charge in [0.25, 0.3) is 0 Å². The third-order valence-corrected chi connectivity index (χ3v) is 12.6. The molecular formula is C57H45B. The zero-order chi connectivity index (χ0) is 39.5. The number of rotatable bonds is 7. The highest BCUT2D eigenvalue weighted by molar-refractivity contribution is 6.98. The van der Waals surface area contributed by atoms with Crippen molar-refractivity contribution < 1.29 is 0 Å². The Morgan fingerprint density at radius 3 is 1.38 bits per heavy atom. The van der Waals surface area contributed by atoms with E-state index in [0.29, 0.717) is 0 Å². The SMILES string of the molecule is Cc1cc(C)c(B(c2c(C)cccc2C)c2cc(-c3ccccc3-c3ccccc3)c3ccc4ccc(-c5ccccc5-c5ccccc5)c5ccc2c3c45)c(C)c1. The van der Waals surface area contributed by atoms with Crippen molar-refractivity contribution in [2.24, 2.45) is 0 Å². The average molecular weight is 741 g/mol. The molecule has 0 nitrogen and oxygen atoms in total. The molecule has 0 radical (unpaired) electrons. The van der Waals surface area contributed by atoms with Crippen LogP contribution < -0.4 is 16.4 Å². The van der Waals surface area contributed by atoms with Crippen LogP contribution in [0.25, 0.3) is 76.8 Å². The first-order valence-electron chi connectivity index (χ1n) is 20.6. The Balaban J connectivity index is 1.37. The van der Waals surface area contributed by atoms with Crippen LogP contribution in [0.2, 0.25) is 0 Å². The van der Waals surface area contributed by atoms with Gasteiger partial charge in [-0.3, -0.25) is 0 Å². The minimum Gasteiger partial charge on any atom is -0.0629 e. The molecule has 276 valence electrons. The monoisotopic (exact) mass is 740 g/mol. The molecule has 0 aliphatic heterocycles. The maximum absolute atomic E-state index is 2.56. The second-order valence-electron chi connectivity index (χ2n) is 16.2. The maximum Gasteiger partial charge on any atom is 0.243 e. The fourth-order valence-electron chi connectivity index (χ4n) is 10.2. The van der Waals surface area contributed by atoms with Crippen LogP contribution in [-0.2, 0) is 0 Å². The maximum atomic E-state index is 2.56. The van der Waals surface area contributed by atoms with Gasteiger partial charge in [0, 0.05) is 0 Å². The van der Waals surface area contributed by atoms with Crippen LogP contribution in [0.4, 0.5) is 0 Å². The molecule has 0 saturated heterocycles. The van der Waals surface area contributed by atoms with Crippen LogP contribution >= 0.6 is 0 Å². The van der Waals surface area contributed by atoms with Gasteiger partial charge in [-0.05, 0) is 111 Å². The summed E-state index contributed by atoms with van der Waals surface area (Å²) in [6, 6.07) is 68.0. The molecule has 0 saturated carbocycles. The molecule has 0 aromatic heterocycles. The third kappa shape index (κ3) is 5.84. The number of hydrogen-bond donors (Lipinski definition) is 0. The van der Waals surface area contributed by atoms with Gasteiger partial charge in [0.05, 0.1) is 0 Å². The van der Waals surface area contributed by atoms with Crippen molar-refractivity contribution in [1.82, 2.24) is 0 Å². The number of benzene rings is 10. The Kier molecular flexibility index (Phi) is 8.83. The van der Waals surface area contributed by atoms with Gasteiger partial charge in [0.1, 0.15) is 0 Å². The second kappa shape index (κ2) is 14.4. The lowest BCUT2D eigenvalue weighted by atomic mass is 9.33. The molecular weight excluding hydrogens is 695 g/mol. The summed E-state index contributed by atoms with van der Waals surface area (Å²) in [6.07, 6.45) is 0. The van der Waals surface area contributed by atoms with E-state index in [0.717, 1.165) is 0 Å². The van der Waals surface area contributed by atoms with Crippen LogP contribution in [0.15, 0.2) is 182 Å². The molecule has 1 heteroatoms. The summed E-state index contributed by atoms with van der Waals surface area (Å²) in [4.78, 5) is 0. The van der Waals surface area contributed by atoms with E-state index in [1.54, 1.807) is 0 Å². The molecule has 0 bridgehead atoms. The molecule has 0 heterocycles. The van der Waals surface area contributed by atoms with Crippen molar-refractivity contribution >= 4 is 55.4 Å². The quantitative estimate of drug-likeness (QED) is 0.113. The first-order chi connectivity index (χ1) is 28.4. The predicted octanol–water partition coefficient (Wildman–Crippen LogP) is 13.3.